The summed E-state index contributed by atoms with van der Waals surface area (Å²) in [5, 5.41) is 0. The van der Waals surface area contributed by atoms with Crippen molar-refractivity contribution in [3.8, 4) is 5.75 Å². The maximum Gasteiger partial charge on any atom is 0.330 e. The van der Waals surface area contributed by atoms with E-state index >= 15 is 0 Å². The van der Waals surface area contributed by atoms with Crippen LogP contribution in [-0.4, -0.2) is 19.2 Å². The summed E-state index contributed by atoms with van der Waals surface area (Å²) in [5.74, 6) is 0.629. The number of carbonyl (C=O) groups is 1. The Morgan fingerprint density at radius 2 is 2.33 bits per heavy atom. The number of carbonyl (C=O) groups excluding carboxylic acids is 1. The molecule has 0 radical (unpaired) electrons. The van der Waals surface area contributed by atoms with Gasteiger partial charge in [0, 0.05) is 22.6 Å². The van der Waals surface area contributed by atoms with Crippen molar-refractivity contribution in [1.29, 1.82) is 0 Å². The molecule has 94 valence electrons. The Balaban J connectivity index is 1.86. The van der Waals surface area contributed by atoms with Crippen LogP contribution in [0.1, 0.15) is 30.9 Å². The van der Waals surface area contributed by atoms with E-state index in [1.54, 1.807) is 13.0 Å². The van der Waals surface area contributed by atoms with Crippen LogP contribution >= 0.6 is 0 Å². The average Bonchev–Trinajstić information content (AvgIpc) is 3.05. The van der Waals surface area contributed by atoms with Crippen molar-refractivity contribution in [2.45, 2.75) is 25.2 Å². The molecule has 18 heavy (non-hydrogen) atoms. The van der Waals surface area contributed by atoms with E-state index in [0.29, 0.717) is 6.61 Å². The quantitative estimate of drug-likeness (QED) is 0.605. The monoisotopic (exact) mass is 244 g/mol. The lowest BCUT2D eigenvalue weighted by atomic mass is 9.96. The van der Waals surface area contributed by atoms with Gasteiger partial charge in [0.05, 0.1) is 13.2 Å². The van der Waals surface area contributed by atoms with Crippen molar-refractivity contribution >= 4 is 12.0 Å². The number of para-hydroxylation sites is 1. The molecule has 0 aromatic heterocycles. The molecule has 3 rings (SSSR count). The van der Waals surface area contributed by atoms with Gasteiger partial charge < -0.3 is 9.47 Å². The Labute approximate surface area is 106 Å². The fourth-order valence-corrected chi connectivity index (χ4v) is 2.47. The smallest absolute Gasteiger partial charge is 0.330 e. The van der Waals surface area contributed by atoms with Crippen LogP contribution < -0.4 is 4.74 Å². The molecular weight excluding hydrogens is 228 g/mol. The van der Waals surface area contributed by atoms with Gasteiger partial charge in [-0.15, -0.1) is 0 Å². The number of hydrogen-bond acceptors (Lipinski definition) is 3. The van der Waals surface area contributed by atoms with Gasteiger partial charge in [-0.1, -0.05) is 18.2 Å². The predicted octanol–water partition coefficient (Wildman–Crippen LogP) is 2.69. The summed E-state index contributed by atoms with van der Waals surface area (Å²) in [4.78, 5) is 11.3. The first-order chi connectivity index (χ1) is 8.75. The van der Waals surface area contributed by atoms with Gasteiger partial charge in [0.2, 0.25) is 0 Å². The van der Waals surface area contributed by atoms with E-state index in [9.17, 15) is 4.79 Å². The number of fused-ring (bicyclic) bond motifs is 2. The zero-order valence-corrected chi connectivity index (χ0v) is 10.4. The van der Waals surface area contributed by atoms with Crippen LogP contribution in [0, 0.1) is 0 Å². The minimum absolute atomic E-state index is 0.281. The third-order valence-electron chi connectivity index (χ3n) is 3.65. The first-order valence-corrected chi connectivity index (χ1v) is 6.36. The van der Waals surface area contributed by atoms with E-state index in [0.717, 1.165) is 17.9 Å². The molecule has 1 saturated carbocycles. The Hall–Kier alpha value is -1.77. The van der Waals surface area contributed by atoms with Crippen molar-refractivity contribution in [2.24, 2.45) is 0 Å². The highest BCUT2D eigenvalue weighted by molar-refractivity contribution is 5.87. The second-order valence-corrected chi connectivity index (χ2v) is 4.88. The molecule has 0 N–H and O–H groups in total. The van der Waals surface area contributed by atoms with Crippen LogP contribution in [-0.2, 0) is 14.9 Å². The molecule has 2 aliphatic rings. The van der Waals surface area contributed by atoms with Crippen molar-refractivity contribution in [2.75, 3.05) is 13.2 Å². The highest BCUT2D eigenvalue weighted by atomic mass is 16.5. The molecular formula is C15H16O3. The highest BCUT2D eigenvalue weighted by Crippen LogP contribution is 2.56. The minimum Gasteiger partial charge on any atom is -0.492 e. The molecule has 0 atom stereocenters. The van der Waals surface area contributed by atoms with Crippen molar-refractivity contribution in [3.63, 3.8) is 0 Å². The van der Waals surface area contributed by atoms with Crippen molar-refractivity contribution in [1.82, 2.24) is 0 Å². The SMILES string of the molecule is CCOC(=O)/C=C/c1cccc2c1OCC21CC1. The molecule has 1 fully saturated rings. The van der Waals surface area contributed by atoms with Gasteiger partial charge in [-0.05, 0) is 25.8 Å². The Morgan fingerprint density at radius 1 is 1.50 bits per heavy atom. The molecule has 1 aromatic rings. The van der Waals surface area contributed by atoms with E-state index in [1.165, 1.54) is 24.5 Å². The lowest BCUT2D eigenvalue weighted by Crippen LogP contribution is -2.06. The Kier molecular flexibility index (Phi) is 2.62. The van der Waals surface area contributed by atoms with Crippen LogP contribution in [0.2, 0.25) is 0 Å². The van der Waals surface area contributed by atoms with Gasteiger partial charge >= 0.3 is 5.97 Å². The molecule has 1 aliphatic carbocycles. The topological polar surface area (TPSA) is 35.5 Å². The van der Waals surface area contributed by atoms with Crippen molar-refractivity contribution < 1.29 is 14.3 Å². The lowest BCUT2D eigenvalue weighted by molar-refractivity contribution is -0.137. The van der Waals surface area contributed by atoms with E-state index < -0.39 is 0 Å². The summed E-state index contributed by atoms with van der Waals surface area (Å²) < 4.78 is 10.7. The first-order valence-electron chi connectivity index (χ1n) is 6.36. The third kappa shape index (κ3) is 1.80. The van der Waals surface area contributed by atoms with Crippen LogP contribution in [0.15, 0.2) is 24.3 Å². The molecule has 1 spiro atoms. The molecule has 0 amide bonds. The summed E-state index contributed by atoms with van der Waals surface area (Å²) in [6.07, 6.45) is 5.66. The second-order valence-electron chi connectivity index (χ2n) is 4.88. The van der Waals surface area contributed by atoms with E-state index in [1.807, 2.05) is 12.1 Å². The summed E-state index contributed by atoms with van der Waals surface area (Å²) in [5.41, 5.74) is 2.54. The molecule has 0 unspecified atom stereocenters. The van der Waals surface area contributed by atoms with Gasteiger partial charge in [0.1, 0.15) is 5.75 Å². The molecule has 0 bridgehead atoms. The maximum atomic E-state index is 11.3. The fraction of sp³-hybridized carbons (Fsp3) is 0.400. The van der Waals surface area contributed by atoms with E-state index in [2.05, 4.69) is 6.07 Å². The van der Waals surface area contributed by atoms with Gasteiger partial charge in [-0.3, -0.25) is 0 Å². The second kappa shape index (κ2) is 4.16. The van der Waals surface area contributed by atoms with E-state index in [-0.39, 0.29) is 11.4 Å². The fourth-order valence-electron chi connectivity index (χ4n) is 2.47. The molecule has 1 aliphatic heterocycles. The zero-order chi connectivity index (χ0) is 12.6. The number of rotatable bonds is 3. The van der Waals surface area contributed by atoms with Crippen LogP contribution in [0.3, 0.4) is 0 Å². The number of esters is 1. The van der Waals surface area contributed by atoms with Crippen LogP contribution in [0.5, 0.6) is 5.75 Å². The highest BCUT2D eigenvalue weighted by Gasteiger charge is 2.50. The summed E-state index contributed by atoms with van der Waals surface area (Å²) in [7, 11) is 0. The van der Waals surface area contributed by atoms with Gasteiger partial charge in [-0.25, -0.2) is 4.79 Å². The number of benzene rings is 1. The zero-order valence-electron chi connectivity index (χ0n) is 10.4. The predicted molar refractivity (Wildman–Crippen MR) is 68.5 cm³/mol. The lowest BCUT2D eigenvalue weighted by Gasteiger charge is -2.04. The Morgan fingerprint density at radius 3 is 3.06 bits per heavy atom. The maximum absolute atomic E-state index is 11.3. The largest absolute Gasteiger partial charge is 0.492 e. The van der Waals surface area contributed by atoms with E-state index in [4.69, 9.17) is 9.47 Å². The molecule has 1 aromatic carbocycles. The molecule has 0 saturated heterocycles. The first kappa shape index (κ1) is 11.3. The summed E-state index contributed by atoms with van der Waals surface area (Å²) in [6, 6.07) is 6.13. The summed E-state index contributed by atoms with van der Waals surface area (Å²) in [6.45, 7) is 2.98. The number of hydrogen-bond donors (Lipinski definition) is 0. The molecule has 1 heterocycles. The summed E-state index contributed by atoms with van der Waals surface area (Å²) >= 11 is 0. The minimum atomic E-state index is -0.311. The normalized spacial score (nSPS) is 18.7. The standard InChI is InChI=1S/C15H16O3/c1-2-17-13(16)7-6-11-4-3-5-12-14(11)18-10-15(12)8-9-15/h3-7H,2,8-10H2,1H3/b7-6+. The Bertz CT molecular complexity index is 512. The number of ether oxygens (including phenoxy) is 2. The van der Waals surface area contributed by atoms with Gasteiger partial charge in [-0.2, -0.15) is 0 Å². The molecule has 3 heteroatoms. The van der Waals surface area contributed by atoms with Crippen molar-refractivity contribution in [3.05, 3.63) is 35.4 Å². The third-order valence-corrected chi connectivity index (χ3v) is 3.65. The van der Waals surface area contributed by atoms with Gasteiger partial charge in [0.15, 0.2) is 0 Å². The van der Waals surface area contributed by atoms with Crippen LogP contribution in [0.25, 0.3) is 6.08 Å². The van der Waals surface area contributed by atoms with Crippen LogP contribution in [0.4, 0.5) is 0 Å². The van der Waals surface area contributed by atoms with Gasteiger partial charge in [0.25, 0.3) is 0 Å². The molecule has 3 nitrogen and oxygen atoms in total. The average molecular weight is 244 g/mol.